The number of morpholine rings is 1. The lowest BCUT2D eigenvalue weighted by atomic mass is 10.1. The predicted octanol–water partition coefficient (Wildman–Crippen LogP) is 4.26. The smallest absolute Gasteiger partial charge is 0.128 e. The third-order valence-corrected chi connectivity index (χ3v) is 4.26. The zero-order valence-corrected chi connectivity index (χ0v) is 14.3. The largest absolute Gasteiger partial charge is 0.457 e. The highest BCUT2D eigenvalue weighted by Gasteiger charge is 2.24. The molecule has 0 N–H and O–H groups in total. The van der Waals surface area contributed by atoms with E-state index in [0.717, 1.165) is 35.1 Å². The highest BCUT2D eigenvalue weighted by molar-refractivity contribution is 7.80. The number of rotatable bonds is 3. The molecule has 23 heavy (non-hydrogen) atoms. The second-order valence-electron chi connectivity index (χ2n) is 5.91. The van der Waals surface area contributed by atoms with Gasteiger partial charge >= 0.3 is 0 Å². The molecule has 2 atom stereocenters. The summed E-state index contributed by atoms with van der Waals surface area (Å²) in [5, 5.41) is 0. The summed E-state index contributed by atoms with van der Waals surface area (Å²) in [6.45, 7) is 5.82. The minimum atomic E-state index is 0.195. The predicted molar refractivity (Wildman–Crippen MR) is 96.2 cm³/mol. The van der Waals surface area contributed by atoms with Crippen LogP contribution >= 0.6 is 12.2 Å². The second-order valence-corrected chi connectivity index (χ2v) is 6.30. The fourth-order valence-electron chi connectivity index (χ4n) is 2.84. The van der Waals surface area contributed by atoms with Crippen LogP contribution in [0.2, 0.25) is 0 Å². The molecule has 0 bridgehead atoms. The van der Waals surface area contributed by atoms with Gasteiger partial charge in [-0.25, -0.2) is 0 Å². The van der Waals surface area contributed by atoms with Gasteiger partial charge in [0.1, 0.15) is 16.5 Å². The van der Waals surface area contributed by atoms with Crippen molar-refractivity contribution in [3.05, 3.63) is 60.2 Å². The van der Waals surface area contributed by atoms with E-state index in [9.17, 15) is 0 Å². The number of benzene rings is 2. The molecule has 1 aliphatic heterocycles. The van der Waals surface area contributed by atoms with Gasteiger partial charge in [-0.15, -0.1) is 0 Å². The number of ether oxygens (including phenoxy) is 2. The van der Waals surface area contributed by atoms with Gasteiger partial charge in [-0.2, -0.15) is 0 Å². The standard InChI is InChI=1S/C19H21NO2S/c1-14-12-20(13-15(2)21-14)19(23)16-7-6-10-18(11-16)22-17-8-4-3-5-9-17/h3-11,14-15H,12-13H2,1-2H3/t14-,15-/m1/s1. The lowest BCUT2D eigenvalue weighted by molar-refractivity contribution is -0.0472. The molecular formula is C19H21NO2S. The Kier molecular flexibility index (Phi) is 4.94. The van der Waals surface area contributed by atoms with Gasteiger partial charge in [-0.3, -0.25) is 0 Å². The van der Waals surface area contributed by atoms with Crippen LogP contribution < -0.4 is 4.74 Å². The Bertz CT molecular complexity index is 664. The molecule has 0 amide bonds. The summed E-state index contributed by atoms with van der Waals surface area (Å²) in [7, 11) is 0. The molecule has 1 aliphatic rings. The van der Waals surface area contributed by atoms with Crippen LogP contribution in [0.5, 0.6) is 11.5 Å². The van der Waals surface area contributed by atoms with Crippen LogP contribution in [0.4, 0.5) is 0 Å². The maximum Gasteiger partial charge on any atom is 0.128 e. The Morgan fingerprint density at radius 3 is 2.35 bits per heavy atom. The fraction of sp³-hybridized carbons (Fsp3) is 0.316. The molecule has 0 saturated carbocycles. The van der Waals surface area contributed by atoms with Crippen molar-refractivity contribution in [2.75, 3.05) is 13.1 Å². The zero-order chi connectivity index (χ0) is 16.2. The number of thiocarbonyl (C=S) groups is 1. The number of hydrogen-bond donors (Lipinski definition) is 0. The van der Waals surface area contributed by atoms with E-state index in [1.807, 2.05) is 54.6 Å². The van der Waals surface area contributed by atoms with Crippen LogP contribution in [0, 0.1) is 0 Å². The lowest BCUT2D eigenvalue weighted by Gasteiger charge is -2.37. The summed E-state index contributed by atoms with van der Waals surface area (Å²) in [6, 6.07) is 17.7. The van der Waals surface area contributed by atoms with Crippen LogP contribution in [0.25, 0.3) is 0 Å². The molecule has 1 fully saturated rings. The minimum absolute atomic E-state index is 0.195. The molecule has 4 heteroatoms. The van der Waals surface area contributed by atoms with Crippen molar-refractivity contribution in [3.63, 3.8) is 0 Å². The first-order chi connectivity index (χ1) is 11.1. The van der Waals surface area contributed by atoms with Crippen molar-refractivity contribution >= 4 is 17.2 Å². The van der Waals surface area contributed by atoms with Crippen LogP contribution in [-0.4, -0.2) is 35.2 Å². The van der Waals surface area contributed by atoms with Crippen molar-refractivity contribution in [1.29, 1.82) is 0 Å². The summed E-state index contributed by atoms with van der Waals surface area (Å²) in [5.74, 6) is 1.62. The molecule has 0 unspecified atom stereocenters. The fourth-order valence-corrected chi connectivity index (χ4v) is 3.12. The van der Waals surface area contributed by atoms with E-state index in [1.165, 1.54) is 0 Å². The van der Waals surface area contributed by atoms with Gasteiger partial charge in [0.2, 0.25) is 0 Å². The summed E-state index contributed by atoms with van der Waals surface area (Å²) in [4.78, 5) is 3.07. The van der Waals surface area contributed by atoms with Crippen LogP contribution in [-0.2, 0) is 4.74 Å². The zero-order valence-electron chi connectivity index (χ0n) is 13.4. The maximum absolute atomic E-state index is 5.90. The van der Waals surface area contributed by atoms with E-state index < -0.39 is 0 Å². The van der Waals surface area contributed by atoms with E-state index in [1.54, 1.807) is 0 Å². The average molecular weight is 327 g/mol. The maximum atomic E-state index is 5.90. The van der Waals surface area contributed by atoms with Gasteiger partial charge in [0.25, 0.3) is 0 Å². The normalized spacial score (nSPS) is 21.0. The molecule has 1 saturated heterocycles. The van der Waals surface area contributed by atoms with Crippen molar-refractivity contribution in [1.82, 2.24) is 4.90 Å². The molecule has 0 aliphatic carbocycles. The van der Waals surface area contributed by atoms with Crippen molar-refractivity contribution in [2.45, 2.75) is 26.1 Å². The molecule has 120 valence electrons. The molecule has 2 aromatic rings. The Labute approximate surface area is 142 Å². The second kappa shape index (κ2) is 7.11. The van der Waals surface area contributed by atoms with Crippen molar-refractivity contribution < 1.29 is 9.47 Å². The van der Waals surface area contributed by atoms with E-state index in [0.29, 0.717) is 0 Å². The summed E-state index contributed by atoms with van der Waals surface area (Å²) < 4.78 is 11.7. The minimum Gasteiger partial charge on any atom is -0.457 e. The van der Waals surface area contributed by atoms with Crippen molar-refractivity contribution in [3.8, 4) is 11.5 Å². The van der Waals surface area contributed by atoms with Gasteiger partial charge in [0.05, 0.1) is 12.2 Å². The SMILES string of the molecule is C[C@@H]1CN(C(=S)c2cccc(Oc3ccccc3)c2)C[C@@H](C)O1. The Balaban J connectivity index is 1.75. The molecule has 2 aromatic carbocycles. The first-order valence-corrected chi connectivity index (χ1v) is 8.30. The van der Waals surface area contributed by atoms with Gasteiger partial charge in [-0.05, 0) is 38.1 Å². The molecule has 0 aromatic heterocycles. The molecule has 1 heterocycles. The van der Waals surface area contributed by atoms with Crippen LogP contribution in [0.3, 0.4) is 0 Å². The Morgan fingerprint density at radius 2 is 1.65 bits per heavy atom. The van der Waals surface area contributed by atoms with Gasteiger partial charge in [-0.1, -0.05) is 42.5 Å². The summed E-state index contributed by atoms with van der Waals surface area (Å²) in [6.07, 6.45) is 0.390. The Morgan fingerprint density at radius 1 is 1.00 bits per heavy atom. The third kappa shape index (κ3) is 4.09. The van der Waals surface area contributed by atoms with Gasteiger partial charge < -0.3 is 14.4 Å². The highest BCUT2D eigenvalue weighted by atomic mass is 32.1. The monoisotopic (exact) mass is 327 g/mol. The third-order valence-electron chi connectivity index (χ3n) is 3.77. The highest BCUT2D eigenvalue weighted by Crippen LogP contribution is 2.23. The van der Waals surface area contributed by atoms with Gasteiger partial charge in [0, 0.05) is 18.7 Å². The Hall–Kier alpha value is -1.91. The molecular weight excluding hydrogens is 306 g/mol. The first kappa shape index (κ1) is 16.0. The number of para-hydroxylation sites is 1. The quantitative estimate of drug-likeness (QED) is 0.785. The molecule has 0 spiro atoms. The first-order valence-electron chi connectivity index (χ1n) is 7.89. The molecule has 3 nitrogen and oxygen atoms in total. The lowest BCUT2D eigenvalue weighted by Crippen LogP contribution is -2.47. The van der Waals surface area contributed by atoms with E-state index in [4.69, 9.17) is 21.7 Å². The van der Waals surface area contributed by atoms with Crippen molar-refractivity contribution in [2.24, 2.45) is 0 Å². The molecule has 3 rings (SSSR count). The van der Waals surface area contributed by atoms with Crippen LogP contribution in [0.1, 0.15) is 19.4 Å². The summed E-state index contributed by atoms with van der Waals surface area (Å²) >= 11 is 5.69. The van der Waals surface area contributed by atoms with E-state index in [2.05, 4.69) is 18.7 Å². The van der Waals surface area contributed by atoms with Crippen LogP contribution in [0.15, 0.2) is 54.6 Å². The number of nitrogens with zero attached hydrogens (tertiary/aromatic N) is 1. The molecule has 0 radical (unpaired) electrons. The van der Waals surface area contributed by atoms with E-state index in [-0.39, 0.29) is 12.2 Å². The topological polar surface area (TPSA) is 21.7 Å². The van der Waals surface area contributed by atoms with Gasteiger partial charge in [0.15, 0.2) is 0 Å². The van der Waals surface area contributed by atoms with E-state index >= 15 is 0 Å². The average Bonchev–Trinajstić information content (AvgIpc) is 2.54. The number of hydrogen-bond acceptors (Lipinski definition) is 3. The summed E-state index contributed by atoms with van der Waals surface area (Å²) in [5.41, 5.74) is 1.01.